The van der Waals surface area contributed by atoms with Crippen LogP contribution in [0.25, 0.3) is 0 Å². The number of anilines is 1. The molecule has 1 N–H and O–H groups in total. The number of Topliss-reactive ketones (excluding diaryl/α,β-unsaturated/α-hetero) is 1. The Kier molecular flexibility index (Phi) is 4.91. The van der Waals surface area contributed by atoms with E-state index >= 15 is 0 Å². The quantitative estimate of drug-likeness (QED) is 0.499. The van der Waals surface area contributed by atoms with Gasteiger partial charge in [-0.15, -0.1) is 0 Å². The minimum absolute atomic E-state index is 0.118. The van der Waals surface area contributed by atoms with Gasteiger partial charge in [-0.25, -0.2) is 4.79 Å². The number of ketones is 1. The Balaban J connectivity index is 2.18. The maximum absolute atomic E-state index is 12.5. The molecule has 6 nitrogen and oxygen atoms in total. The number of carbonyl (C=O) groups excluding carboxylic acids is 3. The smallest absolute Gasteiger partial charge is 0.396 e. The lowest BCUT2D eigenvalue weighted by Gasteiger charge is -2.17. The minimum Gasteiger partial charge on any atom is -0.459 e. The minimum atomic E-state index is -0.967. The van der Waals surface area contributed by atoms with Crippen molar-refractivity contribution >= 4 is 32.7 Å². The van der Waals surface area contributed by atoms with E-state index in [4.69, 9.17) is 0 Å². The van der Waals surface area contributed by atoms with Crippen LogP contribution in [0.4, 0.5) is 5.69 Å². The summed E-state index contributed by atoms with van der Waals surface area (Å²) in [4.78, 5) is 35.6. The van der Waals surface area contributed by atoms with Crippen molar-refractivity contribution < 1.29 is 19.1 Å². The summed E-state index contributed by atoms with van der Waals surface area (Å²) < 4.78 is 6.50. The second-order valence-electron chi connectivity index (χ2n) is 4.61. The zero-order valence-corrected chi connectivity index (χ0v) is 12.8. The zero-order valence-electron chi connectivity index (χ0n) is 11.7. The lowest BCUT2D eigenvalue weighted by molar-refractivity contribution is -0.154. The second-order valence-corrected chi connectivity index (χ2v) is 5.23. The summed E-state index contributed by atoms with van der Waals surface area (Å²) in [5.41, 5.74) is 1.32. The first-order chi connectivity index (χ1) is 10.0. The first kappa shape index (κ1) is 15.4. The van der Waals surface area contributed by atoms with Gasteiger partial charge in [-0.1, -0.05) is 12.1 Å². The Morgan fingerprint density at radius 1 is 1.43 bits per heavy atom. The number of para-hydroxylation sites is 1. The van der Waals surface area contributed by atoms with E-state index in [0.717, 1.165) is 5.69 Å². The van der Waals surface area contributed by atoms with Gasteiger partial charge in [0.2, 0.25) is 0 Å². The molecule has 1 aliphatic rings. The molecule has 1 aromatic rings. The highest BCUT2D eigenvalue weighted by Gasteiger charge is 2.30. The second kappa shape index (κ2) is 6.68. The van der Waals surface area contributed by atoms with Gasteiger partial charge in [0, 0.05) is 12.1 Å². The number of amides is 1. The summed E-state index contributed by atoms with van der Waals surface area (Å²) in [6.07, 6.45) is 0.419. The third kappa shape index (κ3) is 3.39. The van der Waals surface area contributed by atoms with Gasteiger partial charge in [0.15, 0.2) is 5.78 Å². The number of fused-ring (bicyclic) bond motifs is 1. The fourth-order valence-electron chi connectivity index (χ4n) is 2.19. The Labute approximate surface area is 125 Å². The van der Waals surface area contributed by atoms with Crippen molar-refractivity contribution in [2.45, 2.75) is 19.4 Å². The summed E-state index contributed by atoms with van der Waals surface area (Å²) >= 11 is 0. The molecule has 1 amide bonds. The third-order valence-electron chi connectivity index (χ3n) is 3.22. The van der Waals surface area contributed by atoms with Crippen LogP contribution in [0.15, 0.2) is 24.3 Å². The largest absolute Gasteiger partial charge is 0.459 e. The van der Waals surface area contributed by atoms with E-state index < -0.39 is 17.9 Å². The van der Waals surface area contributed by atoms with Gasteiger partial charge in [0.05, 0.1) is 18.3 Å². The number of carbonyl (C=O) groups is 3. The van der Waals surface area contributed by atoms with E-state index in [9.17, 15) is 14.4 Å². The standard InChI is InChI=1S/C14H17N2O4P/c1-2-20-14(19)13(18)15-10-7-8-16(21)11-6-4-3-5-9(11)12(10)17/h3-6,10H,2,7-8,21H2,1H3,(H,15,18). The summed E-state index contributed by atoms with van der Waals surface area (Å²) in [7, 11) is 2.56. The highest BCUT2D eigenvalue weighted by Crippen LogP contribution is 2.28. The van der Waals surface area contributed by atoms with Gasteiger partial charge >= 0.3 is 11.9 Å². The molecule has 2 unspecified atom stereocenters. The monoisotopic (exact) mass is 308 g/mol. The highest BCUT2D eigenvalue weighted by atomic mass is 31.0. The molecular formula is C14H17N2O4P. The molecule has 0 radical (unpaired) electrons. The van der Waals surface area contributed by atoms with Crippen LogP contribution < -0.4 is 9.99 Å². The molecule has 21 heavy (non-hydrogen) atoms. The van der Waals surface area contributed by atoms with Gasteiger partial charge in [-0.2, -0.15) is 0 Å². The van der Waals surface area contributed by atoms with Crippen LogP contribution >= 0.6 is 9.39 Å². The number of hydrogen-bond donors (Lipinski definition) is 1. The summed E-state index contributed by atoms with van der Waals surface area (Å²) in [6.45, 7) is 2.30. The van der Waals surface area contributed by atoms with E-state index in [2.05, 4.69) is 19.4 Å². The molecule has 1 heterocycles. The molecule has 2 rings (SSSR count). The topological polar surface area (TPSA) is 75.7 Å². The van der Waals surface area contributed by atoms with Crippen LogP contribution in [0.3, 0.4) is 0 Å². The highest BCUT2D eigenvalue weighted by molar-refractivity contribution is 7.19. The van der Waals surface area contributed by atoms with Crippen molar-refractivity contribution in [2.75, 3.05) is 17.8 Å². The van der Waals surface area contributed by atoms with Gasteiger partial charge < -0.3 is 14.7 Å². The first-order valence-electron chi connectivity index (χ1n) is 6.67. The van der Waals surface area contributed by atoms with E-state index in [0.29, 0.717) is 18.5 Å². The van der Waals surface area contributed by atoms with Crippen molar-refractivity contribution in [2.24, 2.45) is 0 Å². The first-order valence-corrected chi connectivity index (χ1v) is 7.19. The van der Waals surface area contributed by atoms with Crippen molar-refractivity contribution in [3.63, 3.8) is 0 Å². The number of ether oxygens (including phenoxy) is 1. The van der Waals surface area contributed by atoms with Crippen LogP contribution in [-0.4, -0.2) is 36.9 Å². The fraction of sp³-hybridized carbons (Fsp3) is 0.357. The number of nitrogens with one attached hydrogen (secondary N) is 1. The van der Waals surface area contributed by atoms with Crippen LogP contribution in [0.1, 0.15) is 23.7 Å². The number of benzene rings is 1. The van der Waals surface area contributed by atoms with Crippen LogP contribution in [-0.2, 0) is 14.3 Å². The average Bonchev–Trinajstić information content (AvgIpc) is 2.60. The lowest BCUT2D eigenvalue weighted by atomic mass is 10.0. The Morgan fingerprint density at radius 2 is 2.14 bits per heavy atom. The number of hydrogen-bond acceptors (Lipinski definition) is 5. The van der Waals surface area contributed by atoms with E-state index in [1.807, 2.05) is 16.8 Å². The van der Waals surface area contributed by atoms with E-state index in [1.165, 1.54) is 0 Å². The van der Waals surface area contributed by atoms with Crippen LogP contribution in [0.2, 0.25) is 0 Å². The summed E-state index contributed by atoms with van der Waals surface area (Å²) in [6, 6.07) is 6.44. The molecule has 2 atom stereocenters. The van der Waals surface area contributed by atoms with Crippen molar-refractivity contribution in [3.05, 3.63) is 29.8 Å². The predicted molar refractivity (Wildman–Crippen MR) is 81.0 cm³/mol. The fourth-order valence-corrected chi connectivity index (χ4v) is 2.57. The maximum Gasteiger partial charge on any atom is 0.396 e. The summed E-state index contributed by atoms with van der Waals surface area (Å²) in [5.74, 6) is -2.05. The molecule has 0 fully saturated rings. The molecule has 0 aromatic heterocycles. The molecule has 0 bridgehead atoms. The molecular weight excluding hydrogens is 291 g/mol. The Bertz CT molecular complexity index is 576. The molecule has 0 aliphatic carbocycles. The van der Waals surface area contributed by atoms with Crippen LogP contribution in [0.5, 0.6) is 0 Å². The normalized spacial score (nSPS) is 17.7. The predicted octanol–water partition coefficient (Wildman–Crippen LogP) is 0.917. The molecule has 0 spiro atoms. The Morgan fingerprint density at radius 3 is 2.86 bits per heavy atom. The van der Waals surface area contributed by atoms with E-state index in [-0.39, 0.29) is 12.4 Å². The molecule has 0 saturated heterocycles. The Hall–Kier alpha value is -1.94. The lowest BCUT2D eigenvalue weighted by Crippen LogP contribution is -2.44. The number of rotatable bonds is 2. The van der Waals surface area contributed by atoms with Crippen molar-refractivity contribution in [1.29, 1.82) is 0 Å². The molecule has 7 heteroatoms. The van der Waals surface area contributed by atoms with Crippen LogP contribution in [0, 0.1) is 0 Å². The number of esters is 1. The van der Waals surface area contributed by atoms with Crippen molar-refractivity contribution in [3.8, 4) is 0 Å². The third-order valence-corrected chi connectivity index (χ3v) is 3.76. The van der Waals surface area contributed by atoms with E-state index in [1.54, 1.807) is 19.1 Å². The van der Waals surface area contributed by atoms with Gasteiger partial charge in [-0.3, -0.25) is 9.59 Å². The van der Waals surface area contributed by atoms with Gasteiger partial charge in [0.25, 0.3) is 0 Å². The maximum atomic E-state index is 12.5. The molecule has 1 aliphatic heterocycles. The average molecular weight is 308 g/mol. The molecule has 112 valence electrons. The molecule has 0 saturated carbocycles. The molecule has 1 aromatic carbocycles. The SMILES string of the molecule is CCOC(=O)C(=O)NC1CCN(P)c2ccccc2C1=O. The zero-order chi connectivity index (χ0) is 15.4. The number of nitrogens with zero attached hydrogens (tertiary/aromatic N) is 1. The van der Waals surface area contributed by atoms with Gasteiger partial charge in [0.1, 0.15) is 0 Å². The van der Waals surface area contributed by atoms with Gasteiger partial charge in [-0.05, 0) is 34.9 Å². The van der Waals surface area contributed by atoms with Crippen molar-refractivity contribution in [1.82, 2.24) is 5.32 Å². The summed E-state index contributed by atoms with van der Waals surface area (Å²) in [5, 5.41) is 2.46.